The Labute approximate surface area is 111 Å². The van der Waals surface area contributed by atoms with Gasteiger partial charge in [0.25, 0.3) is 0 Å². The predicted octanol–water partition coefficient (Wildman–Crippen LogP) is 1.74. The van der Waals surface area contributed by atoms with Crippen molar-refractivity contribution in [2.45, 2.75) is 38.6 Å². The molecule has 1 aromatic rings. The normalized spacial score (nSPS) is 24.9. The number of hydrogen-bond donors (Lipinski definition) is 2. The quantitative estimate of drug-likeness (QED) is 0.755. The topological polar surface area (TPSA) is 66.8 Å². The molecule has 0 unspecified atom stereocenters. The van der Waals surface area contributed by atoms with Crippen LogP contribution in [0.2, 0.25) is 0 Å². The molecule has 2 aliphatic rings. The summed E-state index contributed by atoms with van der Waals surface area (Å²) in [4.78, 5) is 11.8. The van der Waals surface area contributed by atoms with Crippen LogP contribution in [0.3, 0.4) is 0 Å². The number of benzene rings is 1. The van der Waals surface area contributed by atoms with Crippen molar-refractivity contribution in [1.29, 1.82) is 0 Å². The van der Waals surface area contributed by atoms with Gasteiger partial charge in [-0.3, -0.25) is 0 Å². The highest BCUT2D eigenvalue weighted by Gasteiger charge is 2.44. The van der Waals surface area contributed by atoms with Crippen LogP contribution < -0.4 is 0 Å². The first kappa shape index (κ1) is 12.4. The summed E-state index contributed by atoms with van der Waals surface area (Å²) in [7, 11) is 0. The number of ether oxygens (including phenoxy) is 1. The van der Waals surface area contributed by atoms with Crippen LogP contribution in [0.15, 0.2) is 17.7 Å². The number of aliphatic hydroxyl groups is 2. The Bertz CT molecular complexity index is 607. The summed E-state index contributed by atoms with van der Waals surface area (Å²) < 4.78 is 5.26. The van der Waals surface area contributed by atoms with Crippen LogP contribution in [0, 0.1) is 6.92 Å². The van der Waals surface area contributed by atoms with Gasteiger partial charge in [0.15, 0.2) is 6.10 Å². The molecule has 0 spiro atoms. The van der Waals surface area contributed by atoms with E-state index in [9.17, 15) is 15.0 Å². The van der Waals surface area contributed by atoms with Gasteiger partial charge in [0.1, 0.15) is 6.10 Å². The first-order chi connectivity index (χ1) is 8.80. The highest BCUT2D eigenvalue weighted by atomic mass is 16.6. The van der Waals surface area contributed by atoms with Gasteiger partial charge in [-0.15, -0.1) is 0 Å². The van der Waals surface area contributed by atoms with Crippen LogP contribution in [-0.2, 0) is 4.74 Å². The summed E-state index contributed by atoms with van der Waals surface area (Å²) in [6.07, 6.45) is 0.0698. The van der Waals surface area contributed by atoms with E-state index >= 15 is 0 Å². The van der Waals surface area contributed by atoms with E-state index in [2.05, 4.69) is 0 Å². The molecule has 1 aromatic carbocycles. The summed E-state index contributed by atoms with van der Waals surface area (Å²) >= 11 is 0. The third-order valence-electron chi connectivity index (χ3n) is 3.86. The zero-order valence-corrected chi connectivity index (χ0v) is 11.1. The maximum atomic E-state index is 11.8. The second-order valence-electron chi connectivity index (χ2n) is 5.69. The maximum Gasteiger partial charge on any atom is 0.339 e. The van der Waals surface area contributed by atoms with Crippen LogP contribution in [0.4, 0.5) is 0 Å². The third kappa shape index (κ3) is 1.64. The molecule has 4 heteroatoms. The lowest BCUT2D eigenvalue weighted by Gasteiger charge is -2.33. The average molecular weight is 260 g/mol. The fraction of sp³-hybridized carbons (Fsp3) is 0.400. The van der Waals surface area contributed by atoms with Gasteiger partial charge in [0.2, 0.25) is 0 Å². The molecular formula is C15H16O4. The van der Waals surface area contributed by atoms with E-state index < -0.39 is 23.8 Å². The highest BCUT2D eigenvalue weighted by Crippen LogP contribution is 2.45. The van der Waals surface area contributed by atoms with Gasteiger partial charge in [0, 0.05) is 5.56 Å². The largest absolute Gasteiger partial charge is 0.451 e. The molecule has 19 heavy (non-hydrogen) atoms. The average Bonchev–Trinajstić information content (AvgIpc) is 2.63. The molecule has 2 N–H and O–H groups in total. The number of aliphatic hydroxyl groups excluding tert-OH is 1. The number of carbonyl (C=O) groups is 1. The summed E-state index contributed by atoms with van der Waals surface area (Å²) in [6.45, 7) is 5.16. The Morgan fingerprint density at radius 3 is 2.63 bits per heavy atom. The molecule has 0 fully saturated rings. The van der Waals surface area contributed by atoms with E-state index in [0.717, 1.165) is 16.7 Å². The van der Waals surface area contributed by atoms with Gasteiger partial charge in [-0.05, 0) is 49.6 Å². The molecule has 0 saturated heterocycles. The first-order valence-electron chi connectivity index (χ1n) is 6.27. The van der Waals surface area contributed by atoms with Crippen LogP contribution in [-0.4, -0.2) is 27.9 Å². The molecule has 0 aromatic heterocycles. The molecular weight excluding hydrogens is 244 g/mol. The number of aryl methyl sites for hydroxylation is 1. The zero-order valence-electron chi connectivity index (χ0n) is 11.1. The lowest BCUT2D eigenvalue weighted by atomic mass is 9.79. The van der Waals surface area contributed by atoms with Crippen molar-refractivity contribution in [3.05, 3.63) is 40.0 Å². The summed E-state index contributed by atoms with van der Waals surface area (Å²) in [5.74, 6) is -0.411. The Hall–Kier alpha value is -1.65. The van der Waals surface area contributed by atoms with E-state index in [-0.39, 0.29) is 0 Å². The van der Waals surface area contributed by atoms with Gasteiger partial charge in [-0.1, -0.05) is 6.07 Å². The monoisotopic (exact) mass is 260 g/mol. The van der Waals surface area contributed by atoms with Gasteiger partial charge >= 0.3 is 5.97 Å². The van der Waals surface area contributed by atoms with Gasteiger partial charge in [-0.25, -0.2) is 4.79 Å². The molecule has 2 atom stereocenters. The van der Waals surface area contributed by atoms with Crippen LogP contribution in [0.1, 0.15) is 47.0 Å². The van der Waals surface area contributed by atoms with Crippen molar-refractivity contribution < 1.29 is 19.7 Å². The second-order valence-corrected chi connectivity index (χ2v) is 5.69. The van der Waals surface area contributed by atoms with Crippen molar-refractivity contribution in [3.8, 4) is 0 Å². The van der Waals surface area contributed by atoms with Crippen molar-refractivity contribution in [3.63, 3.8) is 0 Å². The Morgan fingerprint density at radius 2 is 2.00 bits per heavy atom. The van der Waals surface area contributed by atoms with Gasteiger partial charge < -0.3 is 14.9 Å². The third-order valence-corrected chi connectivity index (χ3v) is 3.86. The Balaban J connectivity index is 2.28. The minimum absolute atomic E-state index is 0.411. The number of esters is 1. The molecule has 4 nitrogen and oxygen atoms in total. The van der Waals surface area contributed by atoms with E-state index in [1.807, 2.05) is 13.0 Å². The van der Waals surface area contributed by atoms with E-state index in [1.54, 1.807) is 26.0 Å². The molecule has 0 radical (unpaired) electrons. The molecule has 1 heterocycles. The second kappa shape index (κ2) is 3.68. The van der Waals surface area contributed by atoms with Crippen molar-refractivity contribution in [1.82, 2.24) is 0 Å². The minimum Gasteiger partial charge on any atom is -0.451 e. The number of rotatable bonds is 1. The van der Waals surface area contributed by atoms with Gasteiger partial charge in [-0.2, -0.15) is 0 Å². The molecule has 0 saturated carbocycles. The fourth-order valence-electron chi connectivity index (χ4n) is 2.82. The molecule has 1 aliphatic carbocycles. The molecule has 1 aliphatic heterocycles. The molecule has 0 amide bonds. The number of carbonyl (C=O) groups excluding carboxylic acids is 1. The maximum absolute atomic E-state index is 11.8. The first-order valence-corrected chi connectivity index (χ1v) is 6.27. The Morgan fingerprint density at radius 1 is 1.32 bits per heavy atom. The zero-order chi connectivity index (χ0) is 13.9. The van der Waals surface area contributed by atoms with Crippen molar-refractivity contribution in [2.75, 3.05) is 0 Å². The van der Waals surface area contributed by atoms with Crippen LogP contribution in [0.5, 0.6) is 0 Å². The van der Waals surface area contributed by atoms with Gasteiger partial charge in [0.05, 0.1) is 11.2 Å². The predicted molar refractivity (Wildman–Crippen MR) is 69.6 cm³/mol. The SMILES string of the molecule is Cc1ccc2c3c1C=C(C(C)(C)O)[C@@H](O)[C@H]3OC2=O. The summed E-state index contributed by atoms with van der Waals surface area (Å²) in [6, 6.07) is 3.58. The van der Waals surface area contributed by atoms with E-state index in [0.29, 0.717) is 11.1 Å². The smallest absolute Gasteiger partial charge is 0.339 e. The van der Waals surface area contributed by atoms with Crippen molar-refractivity contribution >= 4 is 12.0 Å². The Kier molecular flexibility index (Phi) is 2.40. The standard InChI is InChI=1S/C15H16O4/c1-7-4-5-8-11-9(7)6-10(15(2,3)18)12(16)13(11)19-14(8)17/h4-6,12-13,16,18H,1-3H3/t12-,13+/m1/s1. The van der Waals surface area contributed by atoms with Crippen LogP contribution >= 0.6 is 0 Å². The fourth-order valence-corrected chi connectivity index (χ4v) is 2.82. The minimum atomic E-state index is -1.16. The molecule has 100 valence electrons. The summed E-state index contributed by atoms with van der Waals surface area (Å²) in [5.41, 5.74) is 2.43. The van der Waals surface area contributed by atoms with E-state index in [1.165, 1.54) is 0 Å². The molecule has 3 rings (SSSR count). The number of hydrogen-bond acceptors (Lipinski definition) is 4. The van der Waals surface area contributed by atoms with Crippen LogP contribution in [0.25, 0.3) is 6.08 Å². The summed E-state index contributed by atoms with van der Waals surface area (Å²) in [5, 5.41) is 20.5. The van der Waals surface area contributed by atoms with E-state index in [4.69, 9.17) is 4.74 Å². The van der Waals surface area contributed by atoms with Crippen molar-refractivity contribution in [2.24, 2.45) is 0 Å². The lowest BCUT2D eigenvalue weighted by molar-refractivity contribution is -0.0129. The highest BCUT2D eigenvalue weighted by molar-refractivity contribution is 5.96. The lowest BCUT2D eigenvalue weighted by Crippen LogP contribution is -2.36. The molecule has 0 bridgehead atoms.